The van der Waals surface area contributed by atoms with Crippen LogP contribution < -0.4 is 0 Å². The fourth-order valence-electron chi connectivity index (χ4n) is 2.48. The van der Waals surface area contributed by atoms with Crippen LogP contribution in [-0.4, -0.2) is 23.0 Å². The van der Waals surface area contributed by atoms with Crippen LogP contribution in [0.15, 0.2) is 47.1 Å². The van der Waals surface area contributed by atoms with Gasteiger partial charge in [0.05, 0.1) is 13.2 Å². The summed E-state index contributed by atoms with van der Waals surface area (Å²) in [6.45, 7) is 6.13. The molecule has 0 radical (unpaired) electrons. The van der Waals surface area contributed by atoms with Crippen LogP contribution >= 0.6 is 11.8 Å². The molecule has 1 atom stereocenters. The van der Waals surface area contributed by atoms with Gasteiger partial charge in [-0.3, -0.25) is 0 Å². The lowest BCUT2D eigenvalue weighted by Crippen LogP contribution is -2.29. The fourth-order valence-corrected chi connectivity index (χ4v) is 3.70. The van der Waals surface area contributed by atoms with E-state index >= 15 is 0 Å². The molecular weight excluding hydrogens is 242 g/mol. The average Bonchev–Trinajstić information content (AvgIpc) is 2.80. The summed E-state index contributed by atoms with van der Waals surface area (Å²) >= 11 is 1.86. The van der Waals surface area contributed by atoms with E-state index in [1.54, 1.807) is 0 Å². The molecule has 0 bridgehead atoms. The average molecular weight is 259 g/mol. The molecule has 94 valence electrons. The zero-order valence-corrected chi connectivity index (χ0v) is 11.5. The zero-order chi connectivity index (χ0) is 12.6. The predicted molar refractivity (Wildman–Crippen MR) is 77.0 cm³/mol. The summed E-state index contributed by atoms with van der Waals surface area (Å²) in [5.74, 6) is 0.479. The van der Waals surface area contributed by atoms with Crippen molar-refractivity contribution in [1.82, 2.24) is 0 Å². The maximum Gasteiger partial charge on any atom is 0.104 e. The highest BCUT2D eigenvalue weighted by molar-refractivity contribution is 8.15. The molecule has 1 aromatic rings. The largest absolute Gasteiger partial charge is 0.376 e. The van der Waals surface area contributed by atoms with Gasteiger partial charge in [-0.1, -0.05) is 42.1 Å². The van der Waals surface area contributed by atoms with Gasteiger partial charge in [0.2, 0.25) is 0 Å². The monoisotopic (exact) mass is 259 g/mol. The molecule has 2 aliphatic heterocycles. The van der Waals surface area contributed by atoms with E-state index in [4.69, 9.17) is 4.74 Å². The van der Waals surface area contributed by atoms with Crippen molar-refractivity contribution in [2.45, 2.75) is 18.6 Å². The Hall–Kier alpha value is -1.06. The topological polar surface area (TPSA) is 21.6 Å². The molecule has 0 saturated carbocycles. The van der Waals surface area contributed by atoms with E-state index in [0.29, 0.717) is 5.92 Å². The Bertz CT molecular complexity index is 504. The number of rotatable bonds is 1. The minimum absolute atomic E-state index is 0.132. The van der Waals surface area contributed by atoms with Gasteiger partial charge < -0.3 is 4.74 Å². The third-order valence-corrected chi connectivity index (χ3v) is 4.91. The first-order valence-electron chi connectivity index (χ1n) is 6.26. The fraction of sp³-hybridized carbons (Fsp3) is 0.400. The number of nitrogens with zero attached hydrogens (tertiary/aromatic N) is 1. The van der Waals surface area contributed by atoms with E-state index < -0.39 is 0 Å². The van der Waals surface area contributed by atoms with Crippen LogP contribution in [0.2, 0.25) is 0 Å². The van der Waals surface area contributed by atoms with Crippen molar-refractivity contribution in [2.24, 2.45) is 10.9 Å². The van der Waals surface area contributed by atoms with Crippen LogP contribution in [0.4, 0.5) is 0 Å². The predicted octanol–water partition coefficient (Wildman–Crippen LogP) is 3.49. The molecule has 1 aromatic carbocycles. The van der Waals surface area contributed by atoms with Crippen LogP contribution in [0.5, 0.6) is 0 Å². The van der Waals surface area contributed by atoms with E-state index in [1.165, 1.54) is 11.1 Å². The lowest BCUT2D eigenvalue weighted by molar-refractivity contribution is 0.181. The van der Waals surface area contributed by atoms with Crippen molar-refractivity contribution in [3.63, 3.8) is 0 Å². The Morgan fingerprint density at radius 1 is 1.28 bits per heavy atom. The molecule has 0 N–H and O–H groups in total. The van der Waals surface area contributed by atoms with Crippen LogP contribution in [0, 0.1) is 5.92 Å². The van der Waals surface area contributed by atoms with Gasteiger partial charge in [0, 0.05) is 22.4 Å². The number of hydrogen-bond donors (Lipinski definition) is 0. The summed E-state index contributed by atoms with van der Waals surface area (Å²) in [7, 11) is 0. The van der Waals surface area contributed by atoms with E-state index in [2.05, 4.69) is 43.1 Å². The lowest BCUT2D eigenvalue weighted by Gasteiger charge is -2.29. The third kappa shape index (κ3) is 2.13. The maximum absolute atomic E-state index is 5.57. The van der Waals surface area contributed by atoms with E-state index in [1.807, 2.05) is 24.0 Å². The molecular formula is C15H17NOS. The van der Waals surface area contributed by atoms with Gasteiger partial charge in [0.15, 0.2) is 0 Å². The molecule has 2 aliphatic rings. The first-order chi connectivity index (χ1) is 8.67. The minimum atomic E-state index is 0.132. The van der Waals surface area contributed by atoms with Gasteiger partial charge >= 0.3 is 0 Å². The van der Waals surface area contributed by atoms with Crippen LogP contribution in [0.1, 0.15) is 19.4 Å². The lowest BCUT2D eigenvalue weighted by atomic mass is 9.90. The number of aliphatic imine (C=N–C) groups is 1. The van der Waals surface area contributed by atoms with Crippen molar-refractivity contribution < 1.29 is 4.74 Å². The van der Waals surface area contributed by atoms with Crippen molar-refractivity contribution in [1.29, 1.82) is 0 Å². The number of fused-ring (bicyclic) bond motifs is 1. The Morgan fingerprint density at radius 2 is 2.06 bits per heavy atom. The van der Waals surface area contributed by atoms with Crippen molar-refractivity contribution in [2.75, 3.05) is 13.2 Å². The second-order valence-corrected chi connectivity index (χ2v) is 6.92. The van der Waals surface area contributed by atoms with Crippen LogP contribution in [0.3, 0.4) is 0 Å². The second kappa shape index (κ2) is 4.56. The summed E-state index contributed by atoms with van der Waals surface area (Å²) in [6.07, 6.45) is 2.02. The maximum atomic E-state index is 5.57. The Morgan fingerprint density at radius 3 is 2.83 bits per heavy atom. The van der Waals surface area contributed by atoms with Gasteiger partial charge in [-0.05, 0) is 19.4 Å². The smallest absolute Gasteiger partial charge is 0.104 e. The van der Waals surface area contributed by atoms with Gasteiger partial charge in [-0.15, -0.1) is 0 Å². The molecule has 1 fully saturated rings. The number of thioether (sulfide) groups is 1. The first kappa shape index (κ1) is 12.0. The molecule has 0 aliphatic carbocycles. The van der Waals surface area contributed by atoms with Gasteiger partial charge in [0.1, 0.15) is 5.04 Å². The molecule has 2 heterocycles. The Balaban J connectivity index is 1.99. The molecule has 3 rings (SSSR count). The summed E-state index contributed by atoms with van der Waals surface area (Å²) < 4.78 is 5.71. The highest BCUT2D eigenvalue weighted by Gasteiger charge is 2.39. The van der Waals surface area contributed by atoms with Crippen LogP contribution in [-0.2, 0) is 4.74 Å². The Labute approximate surface area is 112 Å². The zero-order valence-electron chi connectivity index (χ0n) is 10.7. The Kier molecular flexibility index (Phi) is 3.04. The summed E-state index contributed by atoms with van der Waals surface area (Å²) in [5, 5.41) is 1.11. The van der Waals surface area contributed by atoms with E-state index in [-0.39, 0.29) is 4.75 Å². The normalized spacial score (nSPS) is 26.0. The number of benzene rings is 1. The number of hydrogen-bond acceptors (Lipinski definition) is 3. The summed E-state index contributed by atoms with van der Waals surface area (Å²) in [4.78, 5) is 4.67. The van der Waals surface area contributed by atoms with Crippen molar-refractivity contribution in [3.8, 4) is 0 Å². The molecule has 2 nitrogen and oxygen atoms in total. The summed E-state index contributed by atoms with van der Waals surface area (Å²) in [6, 6.07) is 10.4. The molecule has 3 heteroatoms. The van der Waals surface area contributed by atoms with E-state index in [0.717, 1.165) is 18.3 Å². The van der Waals surface area contributed by atoms with E-state index in [9.17, 15) is 0 Å². The van der Waals surface area contributed by atoms with Crippen molar-refractivity contribution in [3.05, 3.63) is 47.7 Å². The second-order valence-electron chi connectivity index (χ2n) is 5.28. The highest BCUT2D eigenvalue weighted by atomic mass is 32.2. The molecule has 1 saturated heterocycles. The quantitative estimate of drug-likeness (QED) is 0.770. The standard InChI is InChI=1S/C15H17NOS/c1-15(2)13-10-17-9-12(13)8-16-14(18-15)11-6-4-3-5-7-11/h3-8,13H,9-10H2,1-2H3. The van der Waals surface area contributed by atoms with Gasteiger partial charge in [-0.2, -0.15) is 0 Å². The van der Waals surface area contributed by atoms with Gasteiger partial charge in [0.25, 0.3) is 0 Å². The molecule has 18 heavy (non-hydrogen) atoms. The van der Waals surface area contributed by atoms with Gasteiger partial charge in [-0.25, -0.2) is 4.99 Å². The third-order valence-electron chi connectivity index (χ3n) is 3.57. The minimum Gasteiger partial charge on any atom is -0.376 e. The summed E-state index contributed by atoms with van der Waals surface area (Å²) in [5.41, 5.74) is 2.53. The highest BCUT2D eigenvalue weighted by Crippen LogP contribution is 2.43. The van der Waals surface area contributed by atoms with Crippen molar-refractivity contribution >= 4 is 16.8 Å². The molecule has 0 spiro atoms. The molecule has 0 amide bonds. The van der Waals surface area contributed by atoms with Crippen LogP contribution in [0.25, 0.3) is 0 Å². The molecule has 0 aromatic heterocycles. The molecule has 1 unspecified atom stereocenters. The SMILES string of the molecule is CC1(C)SC(c2ccccc2)=NC=C2COCC21. The first-order valence-corrected chi connectivity index (χ1v) is 7.07. The number of ether oxygens (including phenoxy) is 1.